The maximum Gasteiger partial charge on any atom is 0.267 e. The number of nitrogens with two attached hydrogens (primary N) is 2. The average Bonchev–Trinajstić information content (AvgIpc) is 3.56. The first-order valence-corrected chi connectivity index (χ1v) is 13.5. The molecule has 0 spiro atoms. The van der Waals surface area contributed by atoms with Crippen molar-refractivity contribution in [1.82, 2.24) is 20.6 Å². The summed E-state index contributed by atoms with van der Waals surface area (Å²) < 4.78 is 0. The second-order valence-corrected chi connectivity index (χ2v) is 9.63. The van der Waals surface area contributed by atoms with Crippen LogP contribution in [0.5, 0.6) is 0 Å². The van der Waals surface area contributed by atoms with Crippen molar-refractivity contribution >= 4 is 45.2 Å². The summed E-state index contributed by atoms with van der Waals surface area (Å²) in [6.07, 6.45) is 5.62. The Kier molecular flexibility index (Phi) is 9.71. The van der Waals surface area contributed by atoms with Gasteiger partial charge in [-0.15, -0.1) is 0 Å². The summed E-state index contributed by atoms with van der Waals surface area (Å²) >= 11 is 0. The number of rotatable bonds is 14. The fourth-order valence-electron chi connectivity index (χ4n) is 4.42. The largest absolute Gasteiger partial charge is 0.351 e. The number of carbonyl (C=O) groups is 3. The lowest BCUT2D eigenvalue weighted by Crippen LogP contribution is -2.24. The molecular weight excluding hydrogens is 494 g/mol. The van der Waals surface area contributed by atoms with Crippen LogP contribution in [0.2, 0.25) is 0 Å². The SMILES string of the molecule is NCCCCCNC(=O)c1cc2cc(NC(=O)c3ccc4[nH]c(C(=O)NCCCCCN)cc4c3)ccc2[nH]1. The first kappa shape index (κ1) is 27.9. The van der Waals surface area contributed by atoms with Gasteiger partial charge in [-0.25, -0.2) is 0 Å². The average molecular weight is 532 g/mol. The van der Waals surface area contributed by atoms with Crippen LogP contribution < -0.4 is 27.4 Å². The van der Waals surface area contributed by atoms with Crippen LogP contribution in [-0.2, 0) is 0 Å². The van der Waals surface area contributed by atoms with Crippen molar-refractivity contribution in [2.24, 2.45) is 11.5 Å². The number of H-pyrrole nitrogens is 2. The summed E-state index contributed by atoms with van der Waals surface area (Å²) in [5, 5.41) is 10.3. The first-order chi connectivity index (χ1) is 19.0. The molecule has 206 valence electrons. The van der Waals surface area contributed by atoms with Gasteiger partial charge in [-0.3, -0.25) is 14.4 Å². The predicted octanol–water partition coefficient (Wildman–Crippen LogP) is 3.62. The lowest BCUT2D eigenvalue weighted by atomic mass is 10.1. The van der Waals surface area contributed by atoms with E-state index in [1.54, 1.807) is 36.4 Å². The molecule has 0 atom stereocenters. The quantitative estimate of drug-likeness (QED) is 0.123. The molecule has 10 nitrogen and oxygen atoms in total. The number of aromatic amines is 2. The number of hydrogen-bond acceptors (Lipinski definition) is 5. The summed E-state index contributed by atoms with van der Waals surface area (Å²) in [5.74, 6) is -0.609. The van der Waals surface area contributed by atoms with Crippen molar-refractivity contribution in [2.45, 2.75) is 38.5 Å². The van der Waals surface area contributed by atoms with E-state index >= 15 is 0 Å². The minimum Gasteiger partial charge on any atom is -0.351 e. The van der Waals surface area contributed by atoms with E-state index in [1.807, 2.05) is 12.1 Å². The number of carbonyl (C=O) groups excluding carboxylic acids is 3. The molecule has 0 saturated carbocycles. The van der Waals surface area contributed by atoms with Crippen LogP contribution in [0.4, 0.5) is 5.69 Å². The van der Waals surface area contributed by atoms with Gasteiger partial charge in [0.1, 0.15) is 11.4 Å². The van der Waals surface area contributed by atoms with Crippen molar-refractivity contribution in [3.05, 3.63) is 65.5 Å². The molecule has 10 heteroatoms. The lowest BCUT2D eigenvalue weighted by Gasteiger charge is -2.05. The Hall–Kier alpha value is -4.15. The van der Waals surface area contributed by atoms with Gasteiger partial charge in [0.25, 0.3) is 17.7 Å². The van der Waals surface area contributed by atoms with Gasteiger partial charge < -0.3 is 37.4 Å². The van der Waals surface area contributed by atoms with E-state index in [-0.39, 0.29) is 17.7 Å². The Morgan fingerprint density at radius 2 is 1.15 bits per heavy atom. The molecule has 2 aromatic heterocycles. The molecule has 0 fully saturated rings. The second kappa shape index (κ2) is 13.6. The van der Waals surface area contributed by atoms with Gasteiger partial charge in [-0.2, -0.15) is 0 Å². The third-order valence-corrected chi connectivity index (χ3v) is 6.58. The van der Waals surface area contributed by atoms with Gasteiger partial charge in [0.2, 0.25) is 0 Å². The number of fused-ring (bicyclic) bond motifs is 2. The van der Waals surface area contributed by atoms with Crippen LogP contribution in [0.15, 0.2) is 48.5 Å². The maximum atomic E-state index is 13.0. The standard InChI is InChI=1S/C29H37N7O3/c30-11-3-1-5-13-32-28(38)25-17-20-15-19(7-9-23(20)35-25)27(37)34-22-8-10-24-21(16-22)18-26(36-24)29(39)33-14-6-2-4-12-31/h7-10,15-18,35-36H,1-6,11-14,30-31H2,(H,32,38)(H,33,39)(H,34,37). The van der Waals surface area contributed by atoms with Gasteiger partial charge in [0.15, 0.2) is 0 Å². The summed E-state index contributed by atoms with van der Waals surface area (Å²) in [6.45, 7) is 2.51. The molecule has 4 aromatic rings. The molecule has 2 heterocycles. The van der Waals surface area contributed by atoms with Gasteiger partial charge in [0.05, 0.1) is 0 Å². The van der Waals surface area contributed by atoms with Crippen LogP contribution in [0.25, 0.3) is 21.8 Å². The topological polar surface area (TPSA) is 171 Å². The molecule has 0 saturated heterocycles. The fraction of sp³-hybridized carbons (Fsp3) is 0.345. The fourth-order valence-corrected chi connectivity index (χ4v) is 4.42. The molecule has 2 aromatic carbocycles. The number of hydrogen-bond donors (Lipinski definition) is 7. The molecule has 3 amide bonds. The molecule has 0 radical (unpaired) electrons. The Bertz CT molecular complexity index is 1440. The molecule has 0 aliphatic heterocycles. The van der Waals surface area contributed by atoms with Crippen molar-refractivity contribution < 1.29 is 14.4 Å². The van der Waals surface area contributed by atoms with Crippen molar-refractivity contribution in [3.63, 3.8) is 0 Å². The molecule has 0 unspecified atom stereocenters. The number of amides is 3. The summed E-state index contributed by atoms with van der Waals surface area (Å²) in [4.78, 5) is 44.2. The highest BCUT2D eigenvalue weighted by atomic mass is 16.2. The molecule has 39 heavy (non-hydrogen) atoms. The van der Waals surface area contributed by atoms with E-state index in [9.17, 15) is 14.4 Å². The van der Waals surface area contributed by atoms with E-state index in [4.69, 9.17) is 11.5 Å². The molecule has 0 aliphatic carbocycles. The summed E-state index contributed by atoms with van der Waals surface area (Å²) in [6, 6.07) is 14.2. The maximum absolute atomic E-state index is 13.0. The number of nitrogens with one attached hydrogen (secondary N) is 5. The zero-order valence-electron chi connectivity index (χ0n) is 22.1. The molecule has 0 bridgehead atoms. The van der Waals surface area contributed by atoms with Gasteiger partial charge in [-0.1, -0.05) is 12.8 Å². The second-order valence-electron chi connectivity index (χ2n) is 9.63. The van der Waals surface area contributed by atoms with E-state index in [2.05, 4.69) is 25.9 Å². The van der Waals surface area contributed by atoms with E-state index in [0.29, 0.717) is 48.8 Å². The number of unbranched alkanes of at least 4 members (excludes halogenated alkanes) is 4. The molecule has 9 N–H and O–H groups in total. The van der Waals surface area contributed by atoms with Gasteiger partial charge in [-0.05, 0) is 87.3 Å². The lowest BCUT2D eigenvalue weighted by molar-refractivity contribution is 0.0941. The predicted molar refractivity (Wildman–Crippen MR) is 155 cm³/mol. The van der Waals surface area contributed by atoms with Crippen molar-refractivity contribution in [3.8, 4) is 0 Å². The smallest absolute Gasteiger partial charge is 0.267 e. The normalized spacial score (nSPS) is 11.1. The Morgan fingerprint density at radius 3 is 1.72 bits per heavy atom. The van der Waals surface area contributed by atoms with Gasteiger partial charge >= 0.3 is 0 Å². The van der Waals surface area contributed by atoms with Crippen LogP contribution in [0.3, 0.4) is 0 Å². The van der Waals surface area contributed by atoms with E-state index in [1.165, 1.54) is 0 Å². The number of benzene rings is 2. The number of aromatic nitrogens is 2. The van der Waals surface area contributed by atoms with Crippen LogP contribution in [0, 0.1) is 0 Å². The Morgan fingerprint density at radius 1 is 0.615 bits per heavy atom. The highest BCUT2D eigenvalue weighted by Crippen LogP contribution is 2.22. The van der Waals surface area contributed by atoms with Crippen molar-refractivity contribution in [2.75, 3.05) is 31.5 Å². The number of anilines is 1. The summed E-state index contributed by atoms with van der Waals surface area (Å²) in [5.41, 5.74) is 14.6. The minimum atomic E-state index is -0.269. The monoisotopic (exact) mass is 531 g/mol. The Labute approximate surface area is 227 Å². The highest BCUT2D eigenvalue weighted by Gasteiger charge is 2.14. The zero-order chi connectivity index (χ0) is 27.6. The third-order valence-electron chi connectivity index (χ3n) is 6.58. The van der Waals surface area contributed by atoms with E-state index < -0.39 is 0 Å². The van der Waals surface area contributed by atoms with Crippen LogP contribution >= 0.6 is 0 Å². The minimum absolute atomic E-state index is 0.163. The zero-order valence-corrected chi connectivity index (χ0v) is 22.1. The molecular formula is C29H37N7O3. The van der Waals surface area contributed by atoms with Crippen LogP contribution in [-0.4, -0.2) is 53.9 Å². The molecule has 0 aliphatic rings. The Balaban J connectivity index is 1.37. The molecule has 4 rings (SSSR count). The van der Waals surface area contributed by atoms with Crippen LogP contribution in [0.1, 0.15) is 69.9 Å². The van der Waals surface area contributed by atoms with Crippen molar-refractivity contribution in [1.29, 1.82) is 0 Å². The highest BCUT2D eigenvalue weighted by molar-refractivity contribution is 6.08. The van der Waals surface area contributed by atoms with Gasteiger partial charge in [0, 0.05) is 46.1 Å². The summed E-state index contributed by atoms with van der Waals surface area (Å²) in [7, 11) is 0. The van der Waals surface area contributed by atoms with E-state index in [0.717, 1.165) is 60.3 Å². The first-order valence-electron chi connectivity index (χ1n) is 13.5. The third kappa shape index (κ3) is 7.46.